The van der Waals surface area contributed by atoms with Gasteiger partial charge < -0.3 is 4.90 Å². The zero-order valence-electron chi connectivity index (χ0n) is 12.3. The molecule has 1 aliphatic heterocycles. The van der Waals surface area contributed by atoms with Crippen molar-refractivity contribution in [2.24, 2.45) is 5.92 Å². The molecule has 2 fully saturated rings. The minimum absolute atomic E-state index is 0.0149. The Morgan fingerprint density at radius 3 is 2.90 bits per heavy atom. The molecule has 4 heteroatoms. The van der Waals surface area contributed by atoms with Gasteiger partial charge in [-0.25, -0.2) is 0 Å². The molecule has 3 unspecified atom stereocenters. The van der Waals surface area contributed by atoms with Crippen LogP contribution in [0.25, 0.3) is 0 Å². The summed E-state index contributed by atoms with van der Waals surface area (Å²) in [6.45, 7) is 4.40. The highest BCUT2D eigenvalue weighted by Crippen LogP contribution is 2.40. The number of nitrogens with one attached hydrogen (secondary N) is 1. The first-order valence-electron chi connectivity index (χ1n) is 7.82. The highest BCUT2D eigenvalue weighted by molar-refractivity contribution is 7.07. The van der Waals surface area contributed by atoms with Gasteiger partial charge in [-0.1, -0.05) is 19.8 Å². The molecule has 1 amide bonds. The van der Waals surface area contributed by atoms with E-state index in [9.17, 15) is 4.79 Å². The summed E-state index contributed by atoms with van der Waals surface area (Å²) in [6, 6.07) is 2.53. The Labute approximate surface area is 125 Å². The van der Waals surface area contributed by atoms with Crippen LogP contribution in [-0.4, -0.2) is 22.9 Å². The normalized spacial score (nSPS) is 28.1. The Kier molecular flexibility index (Phi) is 4.13. The Morgan fingerprint density at radius 2 is 2.30 bits per heavy atom. The van der Waals surface area contributed by atoms with Gasteiger partial charge in [0.2, 0.25) is 5.91 Å². The fourth-order valence-corrected chi connectivity index (χ4v) is 3.87. The second-order valence-corrected chi connectivity index (χ2v) is 6.92. The molecule has 1 N–H and O–H groups in total. The minimum Gasteiger partial charge on any atom is -0.319 e. The zero-order valence-corrected chi connectivity index (χ0v) is 13.2. The van der Waals surface area contributed by atoms with E-state index in [-0.39, 0.29) is 12.2 Å². The summed E-state index contributed by atoms with van der Waals surface area (Å²) in [5.41, 5.74) is 1.25. The molecule has 3 rings (SSSR count). The number of rotatable bonds is 6. The summed E-state index contributed by atoms with van der Waals surface area (Å²) >= 11 is 1.71. The molecule has 2 heterocycles. The third kappa shape index (κ3) is 2.63. The highest BCUT2D eigenvalue weighted by atomic mass is 32.1. The molecule has 0 radical (unpaired) electrons. The SMILES string of the molecule is CCCCC1NC(c2ccsc2)N(C(C)C2CC2)C1=O. The standard InChI is InChI=1S/C16H24N2OS/c1-3-4-5-14-16(19)18(11(2)12-6-7-12)15(17-14)13-8-9-20-10-13/h8-12,14-15,17H,3-7H2,1-2H3. The van der Waals surface area contributed by atoms with Crippen molar-refractivity contribution in [1.29, 1.82) is 0 Å². The maximum atomic E-state index is 12.8. The molecule has 20 heavy (non-hydrogen) atoms. The van der Waals surface area contributed by atoms with Crippen LogP contribution < -0.4 is 5.32 Å². The summed E-state index contributed by atoms with van der Waals surface area (Å²) in [4.78, 5) is 14.9. The topological polar surface area (TPSA) is 32.3 Å². The van der Waals surface area contributed by atoms with Gasteiger partial charge in [-0.2, -0.15) is 11.3 Å². The van der Waals surface area contributed by atoms with Gasteiger partial charge in [-0.3, -0.25) is 10.1 Å². The molecular weight excluding hydrogens is 268 g/mol. The van der Waals surface area contributed by atoms with Crippen molar-refractivity contribution in [3.05, 3.63) is 22.4 Å². The molecule has 1 aromatic rings. The lowest BCUT2D eigenvalue weighted by atomic mass is 10.1. The average molecular weight is 292 g/mol. The third-order valence-corrected chi connectivity index (χ3v) is 5.34. The van der Waals surface area contributed by atoms with Crippen LogP contribution in [-0.2, 0) is 4.79 Å². The molecule has 0 spiro atoms. The van der Waals surface area contributed by atoms with E-state index in [1.807, 2.05) is 0 Å². The van der Waals surface area contributed by atoms with E-state index in [4.69, 9.17) is 0 Å². The number of carbonyl (C=O) groups excluding carboxylic acids is 1. The lowest BCUT2D eigenvalue weighted by Crippen LogP contribution is -2.39. The Balaban J connectivity index is 1.80. The van der Waals surface area contributed by atoms with E-state index in [2.05, 4.69) is 40.9 Å². The fourth-order valence-electron chi connectivity index (χ4n) is 3.19. The summed E-state index contributed by atoms with van der Waals surface area (Å²) in [7, 11) is 0. The Morgan fingerprint density at radius 1 is 1.50 bits per heavy atom. The van der Waals surface area contributed by atoms with Crippen molar-refractivity contribution in [3.8, 4) is 0 Å². The van der Waals surface area contributed by atoms with E-state index in [1.165, 1.54) is 18.4 Å². The maximum Gasteiger partial charge on any atom is 0.241 e. The van der Waals surface area contributed by atoms with Crippen LogP contribution >= 0.6 is 11.3 Å². The minimum atomic E-state index is 0.0149. The van der Waals surface area contributed by atoms with E-state index < -0.39 is 0 Å². The van der Waals surface area contributed by atoms with E-state index >= 15 is 0 Å². The molecule has 1 aliphatic carbocycles. The van der Waals surface area contributed by atoms with E-state index in [1.54, 1.807) is 11.3 Å². The fraction of sp³-hybridized carbons (Fsp3) is 0.688. The second kappa shape index (κ2) is 5.86. The first-order valence-corrected chi connectivity index (χ1v) is 8.77. The largest absolute Gasteiger partial charge is 0.319 e. The van der Waals surface area contributed by atoms with Gasteiger partial charge in [-0.15, -0.1) is 0 Å². The van der Waals surface area contributed by atoms with Gasteiger partial charge in [-0.05, 0) is 54.5 Å². The van der Waals surface area contributed by atoms with Gasteiger partial charge in [0.25, 0.3) is 0 Å². The van der Waals surface area contributed by atoms with Gasteiger partial charge in [0.15, 0.2) is 0 Å². The summed E-state index contributed by atoms with van der Waals surface area (Å²) < 4.78 is 0. The lowest BCUT2D eigenvalue weighted by Gasteiger charge is -2.30. The first kappa shape index (κ1) is 14.1. The summed E-state index contributed by atoms with van der Waals surface area (Å²) in [5, 5.41) is 7.84. The van der Waals surface area contributed by atoms with Gasteiger partial charge >= 0.3 is 0 Å². The molecular formula is C16H24N2OS. The molecule has 1 saturated carbocycles. The van der Waals surface area contributed by atoms with Gasteiger partial charge in [0, 0.05) is 6.04 Å². The average Bonchev–Trinajstić information content (AvgIpc) is 3.05. The van der Waals surface area contributed by atoms with Crippen molar-refractivity contribution in [3.63, 3.8) is 0 Å². The van der Waals surface area contributed by atoms with Crippen LogP contribution in [0.1, 0.15) is 57.7 Å². The quantitative estimate of drug-likeness (QED) is 0.870. The lowest BCUT2D eigenvalue weighted by molar-refractivity contribution is -0.132. The molecule has 1 aromatic heterocycles. The third-order valence-electron chi connectivity index (χ3n) is 4.64. The van der Waals surface area contributed by atoms with Crippen LogP contribution in [0.5, 0.6) is 0 Å². The highest BCUT2D eigenvalue weighted by Gasteiger charge is 2.45. The zero-order chi connectivity index (χ0) is 14.1. The number of amides is 1. The predicted molar refractivity (Wildman–Crippen MR) is 82.5 cm³/mol. The number of nitrogens with zero attached hydrogens (tertiary/aromatic N) is 1. The summed E-state index contributed by atoms with van der Waals surface area (Å²) in [5.74, 6) is 1.03. The number of thiophene rings is 1. The predicted octanol–water partition coefficient (Wildman–Crippen LogP) is 3.54. The monoisotopic (exact) mass is 292 g/mol. The van der Waals surface area contributed by atoms with Crippen molar-refractivity contribution in [1.82, 2.24) is 10.2 Å². The number of hydrogen-bond acceptors (Lipinski definition) is 3. The number of hydrogen-bond donors (Lipinski definition) is 1. The van der Waals surface area contributed by atoms with Crippen LogP contribution in [0.2, 0.25) is 0 Å². The molecule has 2 aliphatic rings. The van der Waals surface area contributed by atoms with Gasteiger partial charge in [0.05, 0.1) is 6.04 Å². The molecule has 0 aromatic carbocycles. The van der Waals surface area contributed by atoms with Crippen LogP contribution in [0.3, 0.4) is 0 Å². The summed E-state index contributed by atoms with van der Waals surface area (Å²) in [6.07, 6.45) is 5.87. The van der Waals surface area contributed by atoms with Crippen molar-refractivity contribution < 1.29 is 4.79 Å². The number of carbonyl (C=O) groups is 1. The van der Waals surface area contributed by atoms with Crippen LogP contribution in [0.15, 0.2) is 16.8 Å². The van der Waals surface area contributed by atoms with Crippen LogP contribution in [0.4, 0.5) is 0 Å². The van der Waals surface area contributed by atoms with E-state index in [0.29, 0.717) is 17.9 Å². The van der Waals surface area contributed by atoms with Crippen molar-refractivity contribution in [2.45, 2.75) is 64.2 Å². The smallest absolute Gasteiger partial charge is 0.241 e. The number of unbranched alkanes of at least 4 members (excludes halogenated alkanes) is 1. The molecule has 0 bridgehead atoms. The molecule has 3 nitrogen and oxygen atoms in total. The molecule has 110 valence electrons. The van der Waals surface area contributed by atoms with Gasteiger partial charge in [0.1, 0.15) is 6.17 Å². The first-order chi connectivity index (χ1) is 9.72. The molecule has 1 saturated heterocycles. The maximum absolute atomic E-state index is 12.8. The van der Waals surface area contributed by atoms with E-state index in [0.717, 1.165) is 19.3 Å². The second-order valence-electron chi connectivity index (χ2n) is 6.14. The van der Waals surface area contributed by atoms with Crippen molar-refractivity contribution in [2.75, 3.05) is 0 Å². The van der Waals surface area contributed by atoms with Crippen LogP contribution in [0, 0.1) is 5.92 Å². The Hall–Kier alpha value is -0.870. The molecule has 3 atom stereocenters. The Bertz CT molecular complexity index is 455. The van der Waals surface area contributed by atoms with Crippen molar-refractivity contribution >= 4 is 17.2 Å².